The van der Waals surface area contributed by atoms with E-state index >= 15 is 0 Å². The molecule has 0 aliphatic carbocycles. The Balaban J connectivity index is 1.72. The molecule has 0 unspecified atom stereocenters. The Hall–Kier alpha value is -3.19. The molecule has 0 aliphatic heterocycles. The number of halogens is 1. The van der Waals surface area contributed by atoms with Crippen LogP contribution in [0.5, 0.6) is 0 Å². The average molecular weight is 412 g/mol. The normalized spacial score (nSPS) is 11.1. The molecule has 0 bridgehead atoms. The van der Waals surface area contributed by atoms with E-state index in [1.54, 1.807) is 59.5 Å². The van der Waals surface area contributed by atoms with E-state index in [0.29, 0.717) is 23.4 Å². The lowest BCUT2D eigenvalue weighted by Crippen LogP contribution is -2.30. The Labute approximate surface area is 169 Å². The SMILES string of the molecule is CCN(Cc1cccc(F)c1)C(=O)c1ccc(NS(=O)(=O)c2ccccc2)cc1. The Morgan fingerprint density at radius 1 is 0.966 bits per heavy atom. The van der Waals surface area contributed by atoms with Crippen LogP contribution in [0.4, 0.5) is 10.1 Å². The third kappa shape index (κ3) is 5.20. The van der Waals surface area contributed by atoms with Crippen LogP contribution >= 0.6 is 0 Å². The van der Waals surface area contributed by atoms with Crippen LogP contribution < -0.4 is 4.72 Å². The summed E-state index contributed by atoms with van der Waals surface area (Å²) in [4.78, 5) is 14.5. The molecule has 0 aromatic heterocycles. The first-order valence-electron chi connectivity index (χ1n) is 9.10. The highest BCUT2D eigenvalue weighted by Gasteiger charge is 2.17. The molecule has 0 saturated carbocycles. The van der Waals surface area contributed by atoms with Crippen molar-refractivity contribution in [2.45, 2.75) is 18.4 Å². The Bertz CT molecular complexity index is 1080. The van der Waals surface area contributed by atoms with Gasteiger partial charge in [-0.3, -0.25) is 9.52 Å². The van der Waals surface area contributed by atoms with Crippen LogP contribution in [-0.4, -0.2) is 25.8 Å². The molecule has 0 fully saturated rings. The van der Waals surface area contributed by atoms with Gasteiger partial charge in [0.25, 0.3) is 15.9 Å². The zero-order chi connectivity index (χ0) is 20.9. The average Bonchev–Trinajstić information content (AvgIpc) is 2.72. The number of nitrogens with one attached hydrogen (secondary N) is 1. The first-order valence-corrected chi connectivity index (χ1v) is 10.6. The van der Waals surface area contributed by atoms with Crippen molar-refractivity contribution in [3.8, 4) is 0 Å². The minimum atomic E-state index is -3.69. The molecule has 0 saturated heterocycles. The highest BCUT2D eigenvalue weighted by molar-refractivity contribution is 7.92. The molecular weight excluding hydrogens is 391 g/mol. The largest absolute Gasteiger partial charge is 0.335 e. The number of hydrogen-bond acceptors (Lipinski definition) is 3. The van der Waals surface area contributed by atoms with Gasteiger partial charge in [0.1, 0.15) is 5.82 Å². The number of carbonyl (C=O) groups excluding carboxylic acids is 1. The van der Waals surface area contributed by atoms with Crippen LogP contribution in [0.1, 0.15) is 22.8 Å². The number of carbonyl (C=O) groups is 1. The number of amides is 1. The standard InChI is InChI=1S/C22H21FN2O3S/c1-2-25(16-17-7-6-8-19(23)15-17)22(26)18-11-13-20(14-12-18)24-29(27,28)21-9-4-3-5-10-21/h3-15,24H,2,16H2,1H3. The summed E-state index contributed by atoms with van der Waals surface area (Å²) < 4.78 is 40.7. The van der Waals surface area contributed by atoms with E-state index < -0.39 is 10.0 Å². The maximum absolute atomic E-state index is 13.4. The lowest BCUT2D eigenvalue weighted by molar-refractivity contribution is 0.0752. The monoisotopic (exact) mass is 412 g/mol. The zero-order valence-corrected chi connectivity index (χ0v) is 16.7. The van der Waals surface area contributed by atoms with Crippen molar-refractivity contribution in [3.05, 3.63) is 95.8 Å². The van der Waals surface area contributed by atoms with E-state index in [4.69, 9.17) is 0 Å². The van der Waals surface area contributed by atoms with Gasteiger partial charge in [-0.2, -0.15) is 0 Å². The number of anilines is 1. The third-order valence-corrected chi connectivity index (χ3v) is 5.77. The maximum atomic E-state index is 13.4. The van der Waals surface area contributed by atoms with Crippen LogP contribution in [0.25, 0.3) is 0 Å². The van der Waals surface area contributed by atoms with Gasteiger partial charge < -0.3 is 4.90 Å². The molecule has 3 aromatic rings. The summed E-state index contributed by atoms with van der Waals surface area (Å²) >= 11 is 0. The van der Waals surface area contributed by atoms with Gasteiger partial charge >= 0.3 is 0 Å². The molecule has 0 spiro atoms. The maximum Gasteiger partial charge on any atom is 0.261 e. The zero-order valence-electron chi connectivity index (χ0n) is 15.9. The van der Waals surface area contributed by atoms with Crippen molar-refractivity contribution >= 4 is 21.6 Å². The molecule has 7 heteroatoms. The summed E-state index contributed by atoms with van der Waals surface area (Å²) in [6, 6.07) is 20.4. The van der Waals surface area contributed by atoms with Crippen molar-refractivity contribution in [2.24, 2.45) is 0 Å². The van der Waals surface area contributed by atoms with Crippen molar-refractivity contribution in [3.63, 3.8) is 0 Å². The van der Waals surface area contributed by atoms with Gasteiger partial charge in [0.2, 0.25) is 0 Å². The second-order valence-corrected chi connectivity index (χ2v) is 8.13. The Morgan fingerprint density at radius 3 is 2.28 bits per heavy atom. The van der Waals surface area contributed by atoms with Gasteiger partial charge in [0.15, 0.2) is 0 Å². The van der Waals surface area contributed by atoms with Gasteiger partial charge in [0.05, 0.1) is 4.90 Å². The lowest BCUT2D eigenvalue weighted by atomic mass is 10.1. The van der Waals surface area contributed by atoms with Crippen LogP contribution in [0, 0.1) is 5.82 Å². The number of sulfonamides is 1. The van der Waals surface area contributed by atoms with Crippen molar-refractivity contribution < 1.29 is 17.6 Å². The summed E-state index contributed by atoms with van der Waals surface area (Å²) in [5.74, 6) is -0.560. The predicted molar refractivity (Wildman–Crippen MR) is 111 cm³/mol. The Kier molecular flexibility index (Phi) is 6.29. The number of nitrogens with zero attached hydrogens (tertiary/aromatic N) is 1. The van der Waals surface area contributed by atoms with Gasteiger partial charge in [0, 0.05) is 24.3 Å². The fraction of sp³-hybridized carbons (Fsp3) is 0.136. The second-order valence-electron chi connectivity index (χ2n) is 6.45. The van der Waals surface area contributed by atoms with Crippen LogP contribution in [0.2, 0.25) is 0 Å². The van der Waals surface area contributed by atoms with Crippen molar-refractivity contribution in [2.75, 3.05) is 11.3 Å². The minimum Gasteiger partial charge on any atom is -0.335 e. The molecule has 0 aliphatic rings. The molecule has 150 valence electrons. The van der Waals surface area contributed by atoms with Crippen molar-refractivity contribution in [1.29, 1.82) is 0 Å². The molecule has 1 amide bonds. The van der Waals surface area contributed by atoms with E-state index in [1.807, 2.05) is 6.92 Å². The number of hydrogen-bond donors (Lipinski definition) is 1. The lowest BCUT2D eigenvalue weighted by Gasteiger charge is -2.21. The summed E-state index contributed by atoms with van der Waals surface area (Å²) in [5, 5.41) is 0. The third-order valence-electron chi connectivity index (χ3n) is 4.37. The quantitative estimate of drug-likeness (QED) is 0.630. The smallest absolute Gasteiger partial charge is 0.261 e. The van der Waals surface area contributed by atoms with Crippen LogP contribution in [0.3, 0.4) is 0 Å². The molecule has 3 rings (SSSR count). The van der Waals surface area contributed by atoms with Gasteiger partial charge in [-0.15, -0.1) is 0 Å². The fourth-order valence-electron chi connectivity index (χ4n) is 2.86. The molecule has 0 radical (unpaired) electrons. The topological polar surface area (TPSA) is 66.5 Å². The highest BCUT2D eigenvalue weighted by Crippen LogP contribution is 2.18. The molecular formula is C22H21FN2O3S. The minimum absolute atomic E-state index is 0.160. The fourth-order valence-corrected chi connectivity index (χ4v) is 3.94. The van der Waals surface area contributed by atoms with Crippen molar-refractivity contribution in [1.82, 2.24) is 4.90 Å². The van der Waals surface area contributed by atoms with E-state index in [9.17, 15) is 17.6 Å². The first kappa shape index (κ1) is 20.5. The van der Waals surface area contributed by atoms with Crippen LogP contribution in [-0.2, 0) is 16.6 Å². The molecule has 0 atom stereocenters. The Morgan fingerprint density at radius 2 is 1.66 bits per heavy atom. The highest BCUT2D eigenvalue weighted by atomic mass is 32.2. The summed E-state index contributed by atoms with van der Waals surface area (Å²) in [7, 11) is -3.69. The molecule has 1 N–H and O–H groups in total. The number of rotatable bonds is 7. The van der Waals surface area contributed by atoms with E-state index in [0.717, 1.165) is 0 Å². The summed E-state index contributed by atoms with van der Waals surface area (Å²) in [5.41, 5.74) is 1.48. The van der Waals surface area contributed by atoms with Gasteiger partial charge in [-0.05, 0) is 61.0 Å². The second kappa shape index (κ2) is 8.87. The van der Waals surface area contributed by atoms with E-state index in [1.165, 1.54) is 24.3 Å². The van der Waals surface area contributed by atoms with E-state index in [2.05, 4.69) is 4.72 Å². The summed E-state index contributed by atoms with van der Waals surface area (Å²) in [6.07, 6.45) is 0. The molecule has 29 heavy (non-hydrogen) atoms. The molecule has 0 heterocycles. The summed E-state index contributed by atoms with van der Waals surface area (Å²) in [6.45, 7) is 2.59. The first-order chi connectivity index (χ1) is 13.9. The molecule has 3 aromatic carbocycles. The van der Waals surface area contributed by atoms with Crippen LogP contribution in [0.15, 0.2) is 83.8 Å². The van der Waals surface area contributed by atoms with Gasteiger partial charge in [-0.25, -0.2) is 12.8 Å². The van der Waals surface area contributed by atoms with Gasteiger partial charge in [-0.1, -0.05) is 30.3 Å². The predicted octanol–water partition coefficient (Wildman–Crippen LogP) is 4.29. The molecule has 5 nitrogen and oxygen atoms in total. The number of benzene rings is 3. The van der Waals surface area contributed by atoms with E-state index in [-0.39, 0.29) is 23.2 Å².